The molecule has 1 heterocycles. The molecule has 0 fully saturated rings. The number of hydrogen-bond donors (Lipinski definition) is 1. The van der Waals surface area contributed by atoms with Gasteiger partial charge in [-0.2, -0.15) is 0 Å². The molecule has 0 aliphatic carbocycles. The molecule has 2 amide bonds. The Kier molecular flexibility index (Phi) is 11.5. The van der Waals surface area contributed by atoms with Crippen LogP contribution in [0.1, 0.15) is 0 Å². The van der Waals surface area contributed by atoms with Gasteiger partial charge in [0.2, 0.25) is 0 Å². The molecule has 0 aromatic heterocycles. The molecule has 1 aromatic rings. The number of imide groups is 1. The highest BCUT2D eigenvalue weighted by atomic mass is 16.6. The molecule has 0 saturated carbocycles. The second-order valence-corrected chi connectivity index (χ2v) is 6.75. The van der Waals surface area contributed by atoms with E-state index in [0.29, 0.717) is 39.6 Å². The van der Waals surface area contributed by atoms with Gasteiger partial charge in [0.25, 0.3) is 23.2 Å². The van der Waals surface area contributed by atoms with Crippen LogP contribution in [0, 0.1) is 20.2 Å². The fourth-order valence-electron chi connectivity index (χ4n) is 2.76. The molecule has 2 rings (SSSR count). The first-order valence-electron chi connectivity index (χ1n) is 10.4. The number of nitro groups is 2. The molecule has 0 unspecified atom stereocenters. The lowest BCUT2D eigenvalue weighted by atomic mass is 10.2. The number of carbonyl (C=O) groups is 2. The summed E-state index contributed by atoms with van der Waals surface area (Å²) in [6, 6.07) is 3.38. The normalized spacial score (nSPS) is 13.0. The number of nitrogens with one attached hydrogen (secondary N) is 1. The Morgan fingerprint density at radius 1 is 0.765 bits per heavy atom. The lowest BCUT2D eigenvalue weighted by Crippen LogP contribution is -2.33. The molecule has 186 valence electrons. The number of nitrogens with zero attached hydrogens (tertiary/aromatic N) is 3. The monoisotopic (exact) mass is 482 g/mol. The molecule has 1 aliphatic heterocycles. The van der Waals surface area contributed by atoms with E-state index >= 15 is 0 Å². The van der Waals surface area contributed by atoms with Crippen LogP contribution in [-0.2, 0) is 28.5 Å². The second kappa shape index (κ2) is 14.6. The number of benzene rings is 1. The van der Waals surface area contributed by atoms with Crippen LogP contribution in [0.15, 0.2) is 30.4 Å². The Labute approximate surface area is 194 Å². The minimum absolute atomic E-state index is 0.173. The predicted molar refractivity (Wildman–Crippen MR) is 117 cm³/mol. The number of hydrogen-bond acceptors (Lipinski definition) is 11. The van der Waals surface area contributed by atoms with Crippen LogP contribution in [0.25, 0.3) is 0 Å². The standard InChI is InChI=1S/C20H26N4O10/c25-19-3-4-20(26)22(19)6-8-32-10-12-34-14-13-33-11-9-31-7-5-21-17-2-1-16(23(27)28)15-18(17)24(29)30/h1-4,15,21H,5-14H2. The highest BCUT2D eigenvalue weighted by Crippen LogP contribution is 2.28. The van der Waals surface area contributed by atoms with Crippen molar-refractivity contribution in [1.29, 1.82) is 0 Å². The number of carbonyl (C=O) groups excluding carboxylic acids is 2. The topological polar surface area (TPSA) is 173 Å². The van der Waals surface area contributed by atoms with Crippen molar-refractivity contribution in [3.05, 3.63) is 50.6 Å². The number of non-ortho nitro benzene ring substituents is 1. The molecule has 0 atom stereocenters. The van der Waals surface area contributed by atoms with E-state index in [1.54, 1.807) is 0 Å². The number of ether oxygens (including phenoxy) is 4. The first-order chi connectivity index (χ1) is 16.4. The Morgan fingerprint density at radius 3 is 1.82 bits per heavy atom. The van der Waals surface area contributed by atoms with Crippen molar-refractivity contribution in [2.75, 3.05) is 71.3 Å². The lowest BCUT2D eigenvalue weighted by molar-refractivity contribution is -0.393. The molecule has 0 saturated heterocycles. The molecular weight excluding hydrogens is 456 g/mol. The van der Waals surface area contributed by atoms with Gasteiger partial charge in [-0.1, -0.05) is 0 Å². The number of rotatable bonds is 18. The molecule has 1 aliphatic rings. The Bertz CT molecular complexity index is 874. The highest BCUT2D eigenvalue weighted by Gasteiger charge is 2.22. The van der Waals surface area contributed by atoms with Crippen LogP contribution in [0.2, 0.25) is 0 Å². The van der Waals surface area contributed by atoms with Crippen LogP contribution in [-0.4, -0.2) is 92.5 Å². The molecule has 34 heavy (non-hydrogen) atoms. The van der Waals surface area contributed by atoms with Crippen molar-refractivity contribution in [1.82, 2.24) is 4.90 Å². The summed E-state index contributed by atoms with van der Waals surface area (Å²) < 4.78 is 21.4. The van der Waals surface area contributed by atoms with Gasteiger partial charge < -0.3 is 24.3 Å². The molecular formula is C20H26N4O10. The van der Waals surface area contributed by atoms with Gasteiger partial charge in [-0.05, 0) is 6.07 Å². The third-order valence-corrected chi connectivity index (χ3v) is 4.43. The summed E-state index contributed by atoms with van der Waals surface area (Å²) in [6.45, 7) is 3.03. The summed E-state index contributed by atoms with van der Waals surface area (Å²) in [6.07, 6.45) is 2.45. The maximum Gasteiger partial charge on any atom is 0.299 e. The zero-order valence-electron chi connectivity index (χ0n) is 18.4. The van der Waals surface area contributed by atoms with Crippen LogP contribution in [0.3, 0.4) is 0 Å². The van der Waals surface area contributed by atoms with Gasteiger partial charge in [-0.15, -0.1) is 0 Å². The van der Waals surface area contributed by atoms with Gasteiger partial charge >= 0.3 is 0 Å². The Morgan fingerprint density at radius 2 is 1.29 bits per heavy atom. The number of amides is 2. The van der Waals surface area contributed by atoms with E-state index in [9.17, 15) is 29.8 Å². The molecule has 0 spiro atoms. The van der Waals surface area contributed by atoms with Gasteiger partial charge in [0.15, 0.2) is 0 Å². The minimum Gasteiger partial charge on any atom is -0.377 e. The van der Waals surface area contributed by atoms with E-state index in [-0.39, 0.29) is 55.2 Å². The molecule has 0 bridgehead atoms. The van der Waals surface area contributed by atoms with Crippen LogP contribution < -0.4 is 5.32 Å². The van der Waals surface area contributed by atoms with Crippen molar-refractivity contribution in [2.45, 2.75) is 0 Å². The van der Waals surface area contributed by atoms with Crippen molar-refractivity contribution < 1.29 is 38.4 Å². The van der Waals surface area contributed by atoms with Crippen LogP contribution in [0.4, 0.5) is 17.1 Å². The predicted octanol–water partition coefficient (Wildman–Crippen LogP) is 0.906. The Balaban J connectivity index is 1.41. The third-order valence-electron chi connectivity index (χ3n) is 4.43. The van der Waals surface area contributed by atoms with E-state index in [2.05, 4.69) is 5.32 Å². The number of nitro benzene ring substituents is 2. The highest BCUT2D eigenvalue weighted by molar-refractivity contribution is 6.12. The smallest absolute Gasteiger partial charge is 0.299 e. The second-order valence-electron chi connectivity index (χ2n) is 6.75. The average Bonchev–Trinajstić information content (AvgIpc) is 3.13. The fraction of sp³-hybridized carbons (Fsp3) is 0.500. The summed E-state index contributed by atoms with van der Waals surface area (Å²) in [7, 11) is 0. The summed E-state index contributed by atoms with van der Waals surface area (Å²) in [5.41, 5.74) is -0.559. The average molecular weight is 482 g/mol. The molecule has 1 aromatic carbocycles. The maximum atomic E-state index is 11.3. The SMILES string of the molecule is O=C1C=CC(=O)N1CCOCCOCCOCCOCCNc1ccc([N+](=O)[O-])cc1[N+](=O)[O-]. The molecule has 0 radical (unpaired) electrons. The van der Waals surface area contributed by atoms with Crippen molar-refractivity contribution in [2.24, 2.45) is 0 Å². The quantitative estimate of drug-likeness (QED) is 0.136. The molecule has 1 N–H and O–H groups in total. The van der Waals surface area contributed by atoms with Crippen LogP contribution >= 0.6 is 0 Å². The summed E-state index contributed by atoms with van der Waals surface area (Å²) in [5.74, 6) is -0.675. The fourth-order valence-corrected chi connectivity index (χ4v) is 2.76. The van der Waals surface area contributed by atoms with E-state index in [4.69, 9.17) is 18.9 Å². The van der Waals surface area contributed by atoms with E-state index in [1.165, 1.54) is 24.3 Å². The van der Waals surface area contributed by atoms with E-state index < -0.39 is 9.85 Å². The molecule has 14 nitrogen and oxygen atoms in total. The van der Waals surface area contributed by atoms with E-state index in [0.717, 1.165) is 11.0 Å². The van der Waals surface area contributed by atoms with Gasteiger partial charge in [0.05, 0.1) is 75.3 Å². The summed E-state index contributed by atoms with van der Waals surface area (Å²) in [4.78, 5) is 44.2. The first-order valence-corrected chi connectivity index (χ1v) is 10.4. The summed E-state index contributed by atoms with van der Waals surface area (Å²) in [5, 5.41) is 24.6. The molecule has 14 heteroatoms. The van der Waals surface area contributed by atoms with Crippen molar-refractivity contribution in [3.8, 4) is 0 Å². The van der Waals surface area contributed by atoms with Crippen molar-refractivity contribution in [3.63, 3.8) is 0 Å². The first kappa shape index (κ1) is 26.8. The van der Waals surface area contributed by atoms with Gasteiger partial charge in [-0.3, -0.25) is 34.7 Å². The van der Waals surface area contributed by atoms with Crippen molar-refractivity contribution >= 4 is 28.9 Å². The third kappa shape index (κ3) is 9.19. The number of anilines is 1. The lowest BCUT2D eigenvalue weighted by Gasteiger charge is -2.13. The van der Waals surface area contributed by atoms with Gasteiger partial charge in [0.1, 0.15) is 5.69 Å². The largest absolute Gasteiger partial charge is 0.377 e. The zero-order chi connectivity index (χ0) is 24.8. The van der Waals surface area contributed by atoms with Gasteiger partial charge in [0, 0.05) is 24.8 Å². The van der Waals surface area contributed by atoms with Gasteiger partial charge in [-0.25, -0.2) is 0 Å². The van der Waals surface area contributed by atoms with Crippen LogP contribution in [0.5, 0.6) is 0 Å². The Hall–Kier alpha value is -3.46. The summed E-state index contributed by atoms with van der Waals surface area (Å²) >= 11 is 0. The maximum absolute atomic E-state index is 11.3. The zero-order valence-corrected chi connectivity index (χ0v) is 18.4. The minimum atomic E-state index is -0.693. The van der Waals surface area contributed by atoms with E-state index in [1.807, 2.05) is 0 Å².